The number of sulfonamides is 1. The molecule has 1 aliphatic heterocycles. The van der Waals surface area contributed by atoms with Crippen molar-refractivity contribution < 1.29 is 17.4 Å². The third kappa shape index (κ3) is 5.78. The van der Waals surface area contributed by atoms with E-state index in [1.807, 2.05) is 6.92 Å². The summed E-state index contributed by atoms with van der Waals surface area (Å²) in [7, 11) is -4.55. The van der Waals surface area contributed by atoms with Crippen LogP contribution >= 0.6 is 0 Å². The summed E-state index contributed by atoms with van der Waals surface area (Å²) in [5.74, 6) is 0.501. The molecule has 146 valence electrons. The van der Waals surface area contributed by atoms with Gasteiger partial charge in [-0.3, -0.25) is 4.21 Å². The molecule has 2 N–H and O–H groups in total. The molecule has 2 rings (SSSR count). The lowest BCUT2D eigenvalue weighted by molar-refractivity contribution is 0.249. The molecule has 0 aromatic heterocycles. The van der Waals surface area contributed by atoms with Crippen LogP contribution in [-0.4, -0.2) is 54.1 Å². The van der Waals surface area contributed by atoms with E-state index < -0.39 is 26.9 Å². The van der Waals surface area contributed by atoms with Crippen LogP contribution in [0.1, 0.15) is 32.6 Å². The highest BCUT2D eigenvalue weighted by Crippen LogP contribution is 2.26. The number of urea groups is 1. The van der Waals surface area contributed by atoms with Crippen LogP contribution in [0.3, 0.4) is 0 Å². The number of para-hydroxylation sites is 1. The molecule has 1 aliphatic rings. The average Bonchev–Trinajstić information content (AvgIpc) is 2.61. The molecule has 1 aromatic carbocycles. The van der Waals surface area contributed by atoms with Crippen molar-refractivity contribution in [3.63, 3.8) is 0 Å². The minimum absolute atomic E-state index is 0.111. The van der Waals surface area contributed by atoms with Crippen molar-refractivity contribution >= 4 is 32.5 Å². The first kappa shape index (κ1) is 20.9. The van der Waals surface area contributed by atoms with Gasteiger partial charge in [-0.2, -0.15) is 4.31 Å². The van der Waals surface area contributed by atoms with Crippen molar-refractivity contribution in [3.05, 3.63) is 24.3 Å². The van der Waals surface area contributed by atoms with Crippen molar-refractivity contribution in [2.45, 2.75) is 43.5 Å². The number of carbonyl (C=O) groups is 1. The SMILES string of the molecule is C[C@H](CC[S@@](C)=O)NC(=O)Nc1ccccc1S(=O)(=O)N1CCCCC1. The predicted molar refractivity (Wildman–Crippen MR) is 104 cm³/mol. The summed E-state index contributed by atoms with van der Waals surface area (Å²) in [5, 5.41) is 5.39. The minimum atomic E-state index is -3.64. The largest absolute Gasteiger partial charge is 0.335 e. The maximum Gasteiger partial charge on any atom is 0.319 e. The summed E-state index contributed by atoms with van der Waals surface area (Å²) >= 11 is 0. The number of hydrogen-bond donors (Lipinski definition) is 2. The van der Waals surface area contributed by atoms with Crippen LogP contribution in [0.15, 0.2) is 29.2 Å². The molecule has 0 spiro atoms. The Morgan fingerprint density at radius 1 is 1.23 bits per heavy atom. The Labute approximate surface area is 158 Å². The third-order valence-electron chi connectivity index (χ3n) is 4.28. The summed E-state index contributed by atoms with van der Waals surface area (Å²) in [6.07, 6.45) is 4.95. The van der Waals surface area contributed by atoms with E-state index in [0.717, 1.165) is 19.3 Å². The normalized spacial score (nSPS) is 18.1. The van der Waals surface area contributed by atoms with Crippen LogP contribution in [0.2, 0.25) is 0 Å². The Kier molecular flexibility index (Phi) is 7.60. The fourth-order valence-electron chi connectivity index (χ4n) is 2.84. The van der Waals surface area contributed by atoms with E-state index in [2.05, 4.69) is 10.6 Å². The summed E-state index contributed by atoms with van der Waals surface area (Å²) in [5.41, 5.74) is 0.266. The Morgan fingerprint density at radius 2 is 1.88 bits per heavy atom. The van der Waals surface area contributed by atoms with Crippen molar-refractivity contribution in [2.24, 2.45) is 0 Å². The number of hydrogen-bond acceptors (Lipinski definition) is 4. The third-order valence-corrected chi connectivity index (χ3v) is 7.05. The van der Waals surface area contributed by atoms with E-state index >= 15 is 0 Å². The van der Waals surface area contributed by atoms with Crippen LogP contribution < -0.4 is 10.6 Å². The van der Waals surface area contributed by atoms with E-state index in [1.165, 1.54) is 10.4 Å². The molecule has 7 nitrogen and oxygen atoms in total. The summed E-state index contributed by atoms with van der Waals surface area (Å²) in [6.45, 7) is 2.84. The lowest BCUT2D eigenvalue weighted by Gasteiger charge is -2.27. The highest BCUT2D eigenvalue weighted by molar-refractivity contribution is 7.89. The molecule has 0 radical (unpaired) electrons. The second-order valence-corrected chi connectivity index (χ2v) is 9.99. The second-order valence-electron chi connectivity index (χ2n) is 6.53. The van der Waals surface area contributed by atoms with Gasteiger partial charge in [-0.05, 0) is 38.3 Å². The number of rotatable bonds is 7. The Morgan fingerprint density at radius 3 is 2.54 bits per heavy atom. The van der Waals surface area contributed by atoms with Crippen LogP contribution in [0.25, 0.3) is 0 Å². The zero-order valence-electron chi connectivity index (χ0n) is 15.2. The van der Waals surface area contributed by atoms with Crippen LogP contribution in [0, 0.1) is 0 Å². The minimum Gasteiger partial charge on any atom is -0.335 e. The molecule has 2 atom stereocenters. The number of amides is 2. The molecule has 26 heavy (non-hydrogen) atoms. The second kappa shape index (κ2) is 9.48. The van der Waals surface area contributed by atoms with Crippen LogP contribution in [-0.2, 0) is 20.8 Å². The van der Waals surface area contributed by atoms with Gasteiger partial charge in [-0.1, -0.05) is 18.6 Å². The van der Waals surface area contributed by atoms with Crippen molar-refractivity contribution in [1.29, 1.82) is 0 Å². The summed E-state index contributed by atoms with van der Waals surface area (Å²) in [6, 6.07) is 5.81. The predicted octanol–water partition coefficient (Wildman–Crippen LogP) is 2.14. The van der Waals surface area contributed by atoms with Gasteiger partial charge >= 0.3 is 6.03 Å². The lowest BCUT2D eigenvalue weighted by atomic mass is 10.2. The summed E-state index contributed by atoms with van der Waals surface area (Å²) < 4.78 is 38.4. The van der Waals surface area contributed by atoms with E-state index in [-0.39, 0.29) is 16.6 Å². The summed E-state index contributed by atoms with van der Waals surface area (Å²) in [4.78, 5) is 12.3. The van der Waals surface area contributed by atoms with Gasteiger partial charge in [0.15, 0.2) is 0 Å². The molecule has 2 amide bonds. The first-order valence-corrected chi connectivity index (χ1v) is 11.9. The number of benzene rings is 1. The van der Waals surface area contributed by atoms with Gasteiger partial charge in [0, 0.05) is 41.9 Å². The number of carbonyl (C=O) groups excluding carboxylic acids is 1. The number of nitrogens with zero attached hydrogens (tertiary/aromatic N) is 1. The van der Waals surface area contributed by atoms with Gasteiger partial charge in [0.25, 0.3) is 0 Å². The monoisotopic (exact) mass is 401 g/mol. The molecule has 1 fully saturated rings. The van der Waals surface area contributed by atoms with Gasteiger partial charge < -0.3 is 10.6 Å². The van der Waals surface area contributed by atoms with E-state index in [9.17, 15) is 17.4 Å². The fourth-order valence-corrected chi connectivity index (χ4v) is 5.19. The molecule has 0 unspecified atom stereocenters. The maximum absolute atomic E-state index is 12.9. The van der Waals surface area contributed by atoms with Gasteiger partial charge in [0.1, 0.15) is 4.90 Å². The van der Waals surface area contributed by atoms with Crippen molar-refractivity contribution in [1.82, 2.24) is 9.62 Å². The Hall–Kier alpha value is -1.45. The molecule has 1 aromatic rings. The molecule has 1 heterocycles. The van der Waals surface area contributed by atoms with Crippen molar-refractivity contribution in [2.75, 3.05) is 30.4 Å². The Bertz CT molecular complexity index is 746. The van der Waals surface area contributed by atoms with Gasteiger partial charge in [0.2, 0.25) is 10.0 Å². The van der Waals surface area contributed by atoms with Gasteiger partial charge in [-0.15, -0.1) is 0 Å². The zero-order chi connectivity index (χ0) is 19.2. The van der Waals surface area contributed by atoms with Crippen LogP contribution in [0.4, 0.5) is 10.5 Å². The molecular weight excluding hydrogens is 374 g/mol. The highest BCUT2D eigenvalue weighted by Gasteiger charge is 2.28. The maximum atomic E-state index is 12.9. The molecule has 0 saturated carbocycles. The standard InChI is InChI=1S/C17H27N3O4S2/c1-14(10-13-25(2)22)18-17(21)19-15-8-4-5-9-16(15)26(23,24)20-11-6-3-7-12-20/h4-5,8-9,14H,3,6-7,10-13H2,1-2H3,(H2,18,19,21)/t14-,25-/m1/s1. The van der Waals surface area contributed by atoms with Gasteiger partial charge in [0.05, 0.1) is 5.69 Å². The average molecular weight is 402 g/mol. The number of piperidine rings is 1. The lowest BCUT2D eigenvalue weighted by Crippen LogP contribution is -2.38. The van der Waals surface area contributed by atoms with Crippen LogP contribution in [0.5, 0.6) is 0 Å². The number of nitrogens with one attached hydrogen (secondary N) is 2. The Balaban J connectivity index is 2.08. The van der Waals surface area contributed by atoms with E-state index in [1.54, 1.807) is 24.5 Å². The highest BCUT2D eigenvalue weighted by atomic mass is 32.2. The van der Waals surface area contributed by atoms with Gasteiger partial charge in [-0.25, -0.2) is 13.2 Å². The zero-order valence-corrected chi connectivity index (χ0v) is 16.9. The van der Waals surface area contributed by atoms with E-state index in [0.29, 0.717) is 25.3 Å². The molecular formula is C17H27N3O4S2. The fraction of sp³-hybridized carbons (Fsp3) is 0.588. The molecule has 9 heteroatoms. The molecule has 0 bridgehead atoms. The molecule has 1 saturated heterocycles. The smallest absolute Gasteiger partial charge is 0.319 e. The topological polar surface area (TPSA) is 95.6 Å². The van der Waals surface area contributed by atoms with E-state index in [4.69, 9.17) is 0 Å². The quantitative estimate of drug-likeness (QED) is 0.732. The first-order valence-electron chi connectivity index (χ1n) is 8.77. The molecule has 0 aliphatic carbocycles. The van der Waals surface area contributed by atoms with Crippen molar-refractivity contribution in [3.8, 4) is 0 Å². The first-order chi connectivity index (χ1) is 12.3. The number of anilines is 1.